The Labute approximate surface area is 100 Å². The molecule has 0 saturated carbocycles. The minimum absolute atomic E-state index is 0.185. The Morgan fingerprint density at radius 1 is 1.19 bits per heavy atom. The van der Waals surface area contributed by atoms with Crippen LogP contribution in [-0.4, -0.2) is 58.6 Å². The van der Waals surface area contributed by atoms with Gasteiger partial charge in [-0.3, -0.25) is 0 Å². The molecule has 0 saturated heterocycles. The average Bonchev–Trinajstić information content (AvgIpc) is 2.15. The third-order valence-corrected chi connectivity index (χ3v) is 2.52. The van der Waals surface area contributed by atoms with Crippen molar-refractivity contribution < 1.29 is 9.47 Å². The van der Waals surface area contributed by atoms with Gasteiger partial charge in [0.25, 0.3) is 0 Å². The molecule has 4 heteroatoms. The van der Waals surface area contributed by atoms with E-state index in [1.807, 2.05) is 0 Å². The van der Waals surface area contributed by atoms with Crippen molar-refractivity contribution in [2.45, 2.75) is 33.1 Å². The highest BCUT2D eigenvalue weighted by molar-refractivity contribution is 4.77. The van der Waals surface area contributed by atoms with Crippen molar-refractivity contribution in [3.05, 3.63) is 0 Å². The minimum Gasteiger partial charge on any atom is -0.354 e. The summed E-state index contributed by atoms with van der Waals surface area (Å²) in [5, 5.41) is 3.45. The predicted molar refractivity (Wildman–Crippen MR) is 67.6 cm³/mol. The molecule has 0 aliphatic carbocycles. The van der Waals surface area contributed by atoms with E-state index >= 15 is 0 Å². The Bertz CT molecular complexity index is 180. The third-order valence-electron chi connectivity index (χ3n) is 2.52. The zero-order chi connectivity index (χ0) is 12.8. The molecule has 0 bridgehead atoms. The molecule has 16 heavy (non-hydrogen) atoms. The van der Waals surface area contributed by atoms with E-state index in [2.05, 4.69) is 45.1 Å². The van der Waals surface area contributed by atoms with Gasteiger partial charge < -0.3 is 19.7 Å². The molecule has 98 valence electrons. The van der Waals surface area contributed by atoms with Crippen LogP contribution in [0.1, 0.15) is 20.8 Å². The van der Waals surface area contributed by atoms with E-state index < -0.39 is 0 Å². The quantitative estimate of drug-likeness (QED) is 0.637. The summed E-state index contributed by atoms with van der Waals surface area (Å²) in [5.41, 5.74) is 0.240. The largest absolute Gasteiger partial charge is 0.354 e. The Balaban J connectivity index is 4.02. The molecule has 1 atom stereocenters. The van der Waals surface area contributed by atoms with Crippen molar-refractivity contribution >= 4 is 0 Å². The van der Waals surface area contributed by atoms with Crippen molar-refractivity contribution in [1.29, 1.82) is 0 Å². The first kappa shape index (κ1) is 15.8. The normalized spacial score (nSPS) is 14.8. The second kappa shape index (κ2) is 7.22. The topological polar surface area (TPSA) is 33.7 Å². The maximum Gasteiger partial charge on any atom is 0.171 e. The predicted octanol–water partition coefficient (Wildman–Crippen LogP) is 1.17. The fraction of sp³-hybridized carbons (Fsp3) is 1.00. The van der Waals surface area contributed by atoms with Crippen LogP contribution in [0.4, 0.5) is 0 Å². The molecule has 0 aromatic heterocycles. The van der Waals surface area contributed by atoms with Gasteiger partial charge in [0.1, 0.15) is 0 Å². The van der Waals surface area contributed by atoms with E-state index in [1.54, 1.807) is 14.2 Å². The van der Waals surface area contributed by atoms with Crippen LogP contribution in [0, 0.1) is 5.41 Å². The lowest BCUT2D eigenvalue weighted by atomic mass is 9.92. The molecule has 0 spiro atoms. The number of nitrogens with zero attached hydrogens (tertiary/aromatic N) is 1. The zero-order valence-electron chi connectivity index (χ0n) is 11.8. The summed E-state index contributed by atoms with van der Waals surface area (Å²) in [5.74, 6) is 0. The summed E-state index contributed by atoms with van der Waals surface area (Å²) in [6.07, 6.45) is -0.185. The molecule has 0 rings (SSSR count). The maximum atomic E-state index is 5.21. The van der Waals surface area contributed by atoms with Gasteiger partial charge in [-0.1, -0.05) is 13.8 Å². The number of methoxy groups -OCH3 is 2. The van der Waals surface area contributed by atoms with Crippen LogP contribution < -0.4 is 5.32 Å². The summed E-state index contributed by atoms with van der Waals surface area (Å²) in [6, 6.07) is 0.191. The minimum atomic E-state index is -0.185. The van der Waals surface area contributed by atoms with Crippen LogP contribution in [0.25, 0.3) is 0 Å². The van der Waals surface area contributed by atoms with Gasteiger partial charge in [-0.15, -0.1) is 0 Å². The van der Waals surface area contributed by atoms with Gasteiger partial charge in [-0.05, 0) is 26.4 Å². The first-order valence-corrected chi connectivity index (χ1v) is 5.76. The van der Waals surface area contributed by atoms with Gasteiger partial charge in [0.15, 0.2) is 6.29 Å². The summed E-state index contributed by atoms with van der Waals surface area (Å²) >= 11 is 0. The fourth-order valence-corrected chi connectivity index (χ4v) is 1.95. The number of hydrogen-bond acceptors (Lipinski definition) is 4. The SMILES string of the molecule is COC(OC)C(C)NCC(C)(C)CN(C)C. The van der Waals surface area contributed by atoms with Crippen molar-refractivity contribution in [2.24, 2.45) is 5.41 Å². The number of nitrogens with one attached hydrogen (secondary N) is 1. The fourth-order valence-electron chi connectivity index (χ4n) is 1.95. The number of rotatable bonds is 8. The second-order valence-electron chi connectivity index (χ2n) is 5.41. The van der Waals surface area contributed by atoms with Crippen LogP contribution in [0.2, 0.25) is 0 Å². The van der Waals surface area contributed by atoms with E-state index in [4.69, 9.17) is 9.47 Å². The highest BCUT2D eigenvalue weighted by atomic mass is 16.7. The van der Waals surface area contributed by atoms with Crippen LogP contribution >= 0.6 is 0 Å². The second-order valence-corrected chi connectivity index (χ2v) is 5.41. The van der Waals surface area contributed by atoms with Gasteiger partial charge in [0.05, 0.1) is 6.04 Å². The van der Waals surface area contributed by atoms with E-state index in [0.717, 1.165) is 13.1 Å². The van der Waals surface area contributed by atoms with E-state index in [0.29, 0.717) is 0 Å². The van der Waals surface area contributed by atoms with Gasteiger partial charge >= 0.3 is 0 Å². The maximum absolute atomic E-state index is 5.21. The van der Waals surface area contributed by atoms with Gasteiger partial charge in [0, 0.05) is 27.3 Å². The number of ether oxygens (including phenoxy) is 2. The summed E-state index contributed by atoms with van der Waals surface area (Å²) in [4.78, 5) is 2.20. The molecule has 0 fully saturated rings. The lowest BCUT2D eigenvalue weighted by molar-refractivity contribution is -0.120. The first-order valence-electron chi connectivity index (χ1n) is 5.76. The molecular weight excluding hydrogens is 204 g/mol. The highest BCUT2D eigenvalue weighted by Gasteiger charge is 2.22. The molecular formula is C12H28N2O2. The van der Waals surface area contributed by atoms with E-state index in [9.17, 15) is 0 Å². The monoisotopic (exact) mass is 232 g/mol. The van der Waals surface area contributed by atoms with E-state index in [1.165, 1.54) is 0 Å². The summed E-state index contributed by atoms with van der Waals surface area (Å²) in [7, 11) is 7.52. The Hall–Kier alpha value is -0.160. The zero-order valence-corrected chi connectivity index (χ0v) is 11.8. The smallest absolute Gasteiger partial charge is 0.171 e. The molecule has 1 unspecified atom stereocenters. The van der Waals surface area contributed by atoms with Gasteiger partial charge in [-0.2, -0.15) is 0 Å². The molecule has 0 radical (unpaired) electrons. The standard InChI is InChI=1S/C12H28N2O2/c1-10(11(15-6)16-7)13-8-12(2,3)9-14(4)5/h10-11,13H,8-9H2,1-7H3. The molecule has 1 N–H and O–H groups in total. The average molecular weight is 232 g/mol. The molecule has 0 aliphatic heterocycles. The summed E-state index contributed by atoms with van der Waals surface area (Å²) < 4.78 is 10.4. The molecule has 0 heterocycles. The van der Waals surface area contributed by atoms with Crippen molar-refractivity contribution in [2.75, 3.05) is 41.4 Å². The Kier molecular flexibility index (Phi) is 7.15. The molecule has 0 aliphatic rings. The third kappa shape index (κ3) is 6.43. The van der Waals surface area contributed by atoms with Crippen molar-refractivity contribution in [1.82, 2.24) is 10.2 Å². The van der Waals surface area contributed by atoms with Gasteiger partial charge in [0.2, 0.25) is 0 Å². The first-order chi connectivity index (χ1) is 7.32. The molecule has 4 nitrogen and oxygen atoms in total. The van der Waals surface area contributed by atoms with Crippen LogP contribution in [0.3, 0.4) is 0 Å². The highest BCUT2D eigenvalue weighted by Crippen LogP contribution is 2.15. The van der Waals surface area contributed by atoms with Crippen LogP contribution in [0.15, 0.2) is 0 Å². The van der Waals surface area contributed by atoms with Crippen molar-refractivity contribution in [3.8, 4) is 0 Å². The lowest BCUT2D eigenvalue weighted by Gasteiger charge is -2.31. The van der Waals surface area contributed by atoms with Crippen LogP contribution in [-0.2, 0) is 9.47 Å². The van der Waals surface area contributed by atoms with Gasteiger partial charge in [-0.25, -0.2) is 0 Å². The Morgan fingerprint density at radius 2 is 1.69 bits per heavy atom. The van der Waals surface area contributed by atoms with E-state index in [-0.39, 0.29) is 17.7 Å². The summed E-state index contributed by atoms with van der Waals surface area (Å²) in [6.45, 7) is 8.57. The molecule has 0 aromatic rings. The Morgan fingerprint density at radius 3 is 2.06 bits per heavy atom. The molecule has 0 aromatic carbocycles. The van der Waals surface area contributed by atoms with Crippen molar-refractivity contribution in [3.63, 3.8) is 0 Å². The number of hydrogen-bond donors (Lipinski definition) is 1. The van der Waals surface area contributed by atoms with Crippen LogP contribution in [0.5, 0.6) is 0 Å². The lowest BCUT2D eigenvalue weighted by Crippen LogP contribution is -2.46. The molecule has 0 amide bonds.